The zero-order valence-corrected chi connectivity index (χ0v) is 11.9. The fraction of sp³-hybridized carbons (Fsp3) is 0.786. The summed E-state index contributed by atoms with van der Waals surface area (Å²) >= 11 is 0. The molecule has 3 amide bonds. The monoisotopic (exact) mass is 282 g/mol. The lowest BCUT2D eigenvalue weighted by molar-refractivity contribution is -0.145. The third kappa shape index (κ3) is 3.00. The zero-order chi connectivity index (χ0) is 14.6. The van der Waals surface area contributed by atoms with Crippen molar-refractivity contribution < 1.29 is 19.1 Å². The molecule has 0 aromatic rings. The topological polar surface area (TPSA) is 75.7 Å². The highest BCUT2D eigenvalue weighted by molar-refractivity contribution is 6.08. The molecular weight excluding hydrogens is 260 g/mol. The van der Waals surface area contributed by atoms with Crippen molar-refractivity contribution in [2.24, 2.45) is 5.41 Å². The summed E-state index contributed by atoms with van der Waals surface area (Å²) in [4.78, 5) is 37.3. The van der Waals surface area contributed by atoms with Crippen LogP contribution in [0, 0.1) is 5.41 Å². The first-order valence-electron chi connectivity index (χ1n) is 7.19. The van der Waals surface area contributed by atoms with Crippen LogP contribution in [0.3, 0.4) is 0 Å². The molecule has 0 atom stereocenters. The Balaban J connectivity index is 1.93. The van der Waals surface area contributed by atoms with Crippen molar-refractivity contribution in [2.75, 3.05) is 26.8 Å². The summed E-state index contributed by atoms with van der Waals surface area (Å²) < 4.78 is 4.83. The Kier molecular flexibility index (Phi) is 4.75. The van der Waals surface area contributed by atoms with E-state index in [9.17, 15) is 14.4 Å². The highest BCUT2D eigenvalue weighted by Gasteiger charge is 2.51. The number of nitrogens with zero attached hydrogens (tertiary/aromatic N) is 1. The standard InChI is InChI=1S/C14H22N2O4/c1-20-8-7-15-11(17)10-16-12(18)9-14(13(16)19)5-3-2-4-6-14/h2-10H2,1H3,(H,15,17). The number of methoxy groups -OCH3 is 1. The molecule has 2 aliphatic rings. The Labute approximate surface area is 118 Å². The SMILES string of the molecule is COCCNC(=O)CN1C(=O)CC2(CCCCC2)C1=O. The molecule has 1 aliphatic heterocycles. The molecular formula is C14H22N2O4. The summed E-state index contributed by atoms with van der Waals surface area (Å²) in [5.74, 6) is -0.667. The minimum absolute atomic E-state index is 0.149. The second kappa shape index (κ2) is 6.35. The van der Waals surface area contributed by atoms with E-state index in [4.69, 9.17) is 4.74 Å². The normalized spacial score (nSPS) is 21.6. The van der Waals surface area contributed by atoms with Crippen LogP contribution >= 0.6 is 0 Å². The van der Waals surface area contributed by atoms with Crippen LogP contribution in [0.15, 0.2) is 0 Å². The number of likely N-dealkylation sites (tertiary alicyclic amines) is 1. The molecule has 2 rings (SSSR count). The minimum Gasteiger partial charge on any atom is -0.383 e. The van der Waals surface area contributed by atoms with Crippen LogP contribution in [-0.2, 0) is 19.1 Å². The molecule has 0 aromatic heterocycles. The highest BCUT2D eigenvalue weighted by Crippen LogP contribution is 2.45. The second-order valence-corrected chi connectivity index (χ2v) is 5.65. The van der Waals surface area contributed by atoms with E-state index in [1.807, 2.05) is 0 Å². The van der Waals surface area contributed by atoms with Gasteiger partial charge in [-0.25, -0.2) is 0 Å². The first-order chi connectivity index (χ1) is 9.59. The molecule has 1 saturated heterocycles. The number of hydrogen-bond acceptors (Lipinski definition) is 4. The number of carbonyl (C=O) groups is 3. The van der Waals surface area contributed by atoms with Crippen molar-refractivity contribution in [1.29, 1.82) is 0 Å². The average molecular weight is 282 g/mol. The van der Waals surface area contributed by atoms with Crippen LogP contribution in [0.1, 0.15) is 38.5 Å². The number of nitrogens with one attached hydrogen (secondary N) is 1. The molecule has 6 heteroatoms. The summed E-state index contributed by atoms with van der Waals surface area (Å²) in [6.45, 7) is 0.636. The van der Waals surface area contributed by atoms with Gasteiger partial charge in [0.05, 0.1) is 12.0 Å². The summed E-state index contributed by atoms with van der Waals surface area (Å²) in [5, 5.41) is 2.63. The number of rotatable bonds is 5. The Hall–Kier alpha value is -1.43. The van der Waals surface area contributed by atoms with Crippen LogP contribution in [0.5, 0.6) is 0 Å². The van der Waals surface area contributed by atoms with Crippen LogP contribution in [-0.4, -0.2) is 49.4 Å². The summed E-state index contributed by atoms with van der Waals surface area (Å²) in [6, 6.07) is 0. The van der Waals surface area contributed by atoms with Crippen molar-refractivity contribution in [3.8, 4) is 0 Å². The largest absolute Gasteiger partial charge is 0.383 e. The van der Waals surface area contributed by atoms with E-state index in [-0.39, 0.29) is 30.7 Å². The van der Waals surface area contributed by atoms with Gasteiger partial charge in [-0.15, -0.1) is 0 Å². The number of hydrogen-bond donors (Lipinski definition) is 1. The molecule has 0 unspecified atom stereocenters. The van der Waals surface area contributed by atoms with Gasteiger partial charge >= 0.3 is 0 Å². The molecule has 112 valence electrons. The third-order valence-electron chi connectivity index (χ3n) is 4.23. The lowest BCUT2D eigenvalue weighted by atomic mass is 9.73. The fourth-order valence-electron chi connectivity index (χ4n) is 3.13. The average Bonchev–Trinajstić information content (AvgIpc) is 2.65. The van der Waals surface area contributed by atoms with Gasteiger partial charge in [0, 0.05) is 20.1 Å². The molecule has 2 fully saturated rings. The molecule has 1 saturated carbocycles. The van der Waals surface area contributed by atoms with E-state index in [1.165, 1.54) is 0 Å². The molecule has 6 nitrogen and oxygen atoms in total. The lowest BCUT2D eigenvalue weighted by Crippen LogP contribution is -2.43. The first-order valence-corrected chi connectivity index (χ1v) is 7.19. The van der Waals surface area contributed by atoms with Gasteiger partial charge in [-0.1, -0.05) is 19.3 Å². The smallest absolute Gasteiger partial charge is 0.240 e. The second-order valence-electron chi connectivity index (χ2n) is 5.65. The molecule has 1 heterocycles. The Bertz CT molecular complexity index is 402. The number of ether oxygens (including phenoxy) is 1. The van der Waals surface area contributed by atoms with Gasteiger partial charge < -0.3 is 10.1 Å². The predicted octanol–water partition coefficient (Wildman–Crippen LogP) is 0.458. The molecule has 1 aliphatic carbocycles. The Morgan fingerprint density at radius 2 is 2.00 bits per heavy atom. The van der Waals surface area contributed by atoms with Gasteiger partial charge in [-0.05, 0) is 12.8 Å². The minimum atomic E-state index is -0.512. The maximum Gasteiger partial charge on any atom is 0.240 e. The lowest BCUT2D eigenvalue weighted by Gasteiger charge is -2.30. The van der Waals surface area contributed by atoms with E-state index in [1.54, 1.807) is 7.11 Å². The fourth-order valence-corrected chi connectivity index (χ4v) is 3.13. The molecule has 0 aromatic carbocycles. The Morgan fingerprint density at radius 3 is 2.65 bits per heavy atom. The van der Waals surface area contributed by atoms with Gasteiger partial charge in [-0.2, -0.15) is 0 Å². The van der Waals surface area contributed by atoms with E-state index in [0.29, 0.717) is 13.2 Å². The van der Waals surface area contributed by atoms with E-state index in [2.05, 4.69) is 5.32 Å². The molecule has 0 bridgehead atoms. The number of imide groups is 1. The van der Waals surface area contributed by atoms with E-state index >= 15 is 0 Å². The van der Waals surface area contributed by atoms with Crippen molar-refractivity contribution in [2.45, 2.75) is 38.5 Å². The molecule has 1 N–H and O–H groups in total. The van der Waals surface area contributed by atoms with Crippen LogP contribution < -0.4 is 5.32 Å². The Morgan fingerprint density at radius 1 is 1.30 bits per heavy atom. The quantitative estimate of drug-likeness (QED) is 0.587. The van der Waals surface area contributed by atoms with Gasteiger partial charge in [0.15, 0.2) is 0 Å². The first kappa shape index (κ1) is 15.0. The van der Waals surface area contributed by atoms with Crippen molar-refractivity contribution in [3.63, 3.8) is 0 Å². The van der Waals surface area contributed by atoms with Crippen LogP contribution in [0.2, 0.25) is 0 Å². The summed E-state index contributed by atoms with van der Waals surface area (Å²) in [7, 11) is 1.55. The van der Waals surface area contributed by atoms with E-state index < -0.39 is 5.41 Å². The number of amides is 3. The van der Waals surface area contributed by atoms with Gasteiger partial charge in [0.2, 0.25) is 17.7 Å². The highest BCUT2D eigenvalue weighted by atomic mass is 16.5. The van der Waals surface area contributed by atoms with Crippen LogP contribution in [0.25, 0.3) is 0 Å². The van der Waals surface area contributed by atoms with Crippen molar-refractivity contribution in [3.05, 3.63) is 0 Å². The van der Waals surface area contributed by atoms with Gasteiger partial charge in [0.1, 0.15) is 6.54 Å². The summed E-state index contributed by atoms with van der Waals surface area (Å²) in [5.41, 5.74) is -0.512. The van der Waals surface area contributed by atoms with Gasteiger partial charge in [-0.3, -0.25) is 19.3 Å². The van der Waals surface area contributed by atoms with Crippen molar-refractivity contribution >= 4 is 17.7 Å². The maximum atomic E-state index is 12.5. The zero-order valence-electron chi connectivity index (χ0n) is 11.9. The molecule has 1 spiro atoms. The van der Waals surface area contributed by atoms with Crippen LogP contribution in [0.4, 0.5) is 0 Å². The van der Waals surface area contributed by atoms with E-state index in [0.717, 1.165) is 37.0 Å². The third-order valence-corrected chi connectivity index (χ3v) is 4.23. The maximum absolute atomic E-state index is 12.5. The van der Waals surface area contributed by atoms with Crippen molar-refractivity contribution in [1.82, 2.24) is 10.2 Å². The summed E-state index contributed by atoms with van der Waals surface area (Å²) in [6.07, 6.45) is 4.94. The predicted molar refractivity (Wildman–Crippen MR) is 71.7 cm³/mol. The molecule has 20 heavy (non-hydrogen) atoms. The van der Waals surface area contributed by atoms with Gasteiger partial charge in [0.25, 0.3) is 0 Å². The number of carbonyl (C=O) groups excluding carboxylic acids is 3. The molecule has 0 radical (unpaired) electrons.